The summed E-state index contributed by atoms with van der Waals surface area (Å²) in [6.07, 6.45) is 11.9. The van der Waals surface area contributed by atoms with Crippen LogP contribution >= 0.6 is 0 Å². The van der Waals surface area contributed by atoms with Gasteiger partial charge >= 0.3 is 0 Å². The minimum atomic E-state index is -0.104. The molecule has 0 spiro atoms. The van der Waals surface area contributed by atoms with Crippen LogP contribution in [-0.2, 0) is 0 Å². The average Bonchev–Trinajstić information content (AvgIpc) is 2.82. The molecule has 106 valence electrons. The second-order valence-electron chi connectivity index (χ2n) is 6.81. The van der Waals surface area contributed by atoms with E-state index < -0.39 is 0 Å². The van der Waals surface area contributed by atoms with Crippen molar-refractivity contribution < 1.29 is 5.11 Å². The summed E-state index contributed by atoms with van der Waals surface area (Å²) in [7, 11) is 2.21. The van der Waals surface area contributed by atoms with Gasteiger partial charge in [0.05, 0.1) is 6.10 Å². The van der Waals surface area contributed by atoms with E-state index in [1.165, 1.54) is 51.4 Å². The molecule has 3 unspecified atom stereocenters. The molecule has 0 bridgehead atoms. The standard InChI is InChI=1S/C16H31NO/c1-13-7-3-6-10-16(13)17(2)12-15(18)11-14-8-4-5-9-14/h13-16,18H,3-12H2,1-2H3. The predicted molar refractivity (Wildman–Crippen MR) is 76.6 cm³/mol. The number of likely N-dealkylation sites (N-methyl/N-ethyl adjacent to an activating group) is 1. The lowest BCUT2D eigenvalue weighted by atomic mass is 9.85. The maximum atomic E-state index is 10.3. The first-order valence-electron chi connectivity index (χ1n) is 8.05. The number of nitrogens with zero attached hydrogens (tertiary/aromatic N) is 1. The second kappa shape index (κ2) is 6.91. The van der Waals surface area contributed by atoms with Gasteiger partial charge in [-0.25, -0.2) is 0 Å². The number of aliphatic hydroxyl groups excluding tert-OH is 1. The number of hydrogen-bond acceptors (Lipinski definition) is 2. The highest BCUT2D eigenvalue weighted by molar-refractivity contribution is 4.81. The fourth-order valence-corrected chi connectivity index (χ4v) is 4.12. The normalized spacial score (nSPS) is 32.0. The summed E-state index contributed by atoms with van der Waals surface area (Å²) in [5.41, 5.74) is 0. The monoisotopic (exact) mass is 253 g/mol. The van der Waals surface area contributed by atoms with E-state index in [0.717, 1.165) is 24.8 Å². The van der Waals surface area contributed by atoms with E-state index in [2.05, 4.69) is 18.9 Å². The lowest BCUT2D eigenvalue weighted by molar-refractivity contribution is 0.0585. The molecule has 0 saturated heterocycles. The van der Waals surface area contributed by atoms with Crippen LogP contribution in [0.15, 0.2) is 0 Å². The van der Waals surface area contributed by atoms with Crippen LogP contribution in [0, 0.1) is 11.8 Å². The Labute approximate surface area is 113 Å². The van der Waals surface area contributed by atoms with Gasteiger partial charge in [0.2, 0.25) is 0 Å². The van der Waals surface area contributed by atoms with Crippen molar-refractivity contribution >= 4 is 0 Å². The van der Waals surface area contributed by atoms with Crippen LogP contribution < -0.4 is 0 Å². The Hall–Kier alpha value is -0.0800. The molecule has 18 heavy (non-hydrogen) atoms. The smallest absolute Gasteiger partial charge is 0.0669 e. The van der Waals surface area contributed by atoms with Crippen LogP contribution in [0.3, 0.4) is 0 Å². The van der Waals surface area contributed by atoms with Crippen molar-refractivity contribution in [2.24, 2.45) is 11.8 Å². The van der Waals surface area contributed by atoms with E-state index in [0.29, 0.717) is 6.04 Å². The van der Waals surface area contributed by atoms with Gasteiger partial charge in [-0.3, -0.25) is 0 Å². The SMILES string of the molecule is CC1CCCCC1N(C)CC(O)CC1CCCC1. The first kappa shape index (κ1) is 14.3. The van der Waals surface area contributed by atoms with E-state index in [4.69, 9.17) is 0 Å². The van der Waals surface area contributed by atoms with Crippen LogP contribution in [-0.4, -0.2) is 35.7 Å². The Morgan fingerprint density at radius 1 is 1.06 bits per heavy atom. The topological polar surface area (TPSA) is 23.5 Å². The van der Waals surface area contributed by atoms with Gasteiger partial charge in [-0.2, -0.15) is 0 Å². The fraction of sp³-hybridized carbons (Fsp3) is 1.00. The third kappa shape index (κ3) is 3.96. The van der Waals surface area contributed by atoms with Gasteiger partial charge in [0.25, 0.3) is 0 Å². The molecule has 3 atom stereocenters. The highest BCUT2D eigenvalue weighted by atomic mass is 16.3. The quantitative estimate of drug-likeness (QED) is 0.811. The van der Waals surface area contributed by atoms with E-state index in [1.807, 2.05) is 0 Å². The predicted octanol–water partition coefficient (Wildman–Crippen LogP) is 3.44. The Bertz CT molecular complexity index is 237. The lowest BCUT2D eigenvalue weighted by Gasteiger charge is -2.37. The molecule has 2 nitrogen and oxygen atoms in total. The molecule has 2 aliphatic carbocycles. The second-order valence-corrected chi connectivity index (χ2v) is 6.81. The summed E-state index contributed by atoms with van der Waals surface area (Å²) in [5, 5.41) is 10.3. The molecule has 0 aromatic carbocycles. The molecule has 2 heteroatoms. The Balaban J connectivity index is 1.73. The van der Waals surface area contributed by atoms with E-state index in [1.54, 1.807) is 0 Å². The third-order valence-electron chi connectivity index (χ3n) is 5.21. The average molecular weight is 253 g/mol. The number of rotatable bonds is 5. The van der Waals surface area contributed by atoms with Crippen LogP contribution in [0.4, 0.5) is 0 Å². The van der Waals surface area contributed by atoms with Crippen LogP contribution in [0.2, 0.25) is 0 Å². The van der Waals surface area contributed by atoms with Crippen molar-refractivity contribution in [1.82, 2.24) is 4.90 Å². The van der Waals surface area contributed by atoms with Crippen molar-refractivity contribution in [1.29, 1.82) is 0 Å². The van der Waals surface area contributed by atoms with Gasteiger partial charge in [-0.1, -0.05) is 45.4 Å². The summed E-state index contributed by atoms with van der Waals surface area (Å²) in [6, 6.07) is 0.706. The first-order valence-corrected chi connectivity index (χ1v) is 8.05. The molecule has 2 rings (SSSR count). The zero-order valence-corrected chi connectivity index (χ0v) is 12.3. The van der Waals surface area contributed by atoms with Crippen molar-refractivity contribution in [3.05, 3.63) is 0 Å². The molecule has 0 amide bonds. The minimum Gasteiger partial charge on any atom is -0.392 e. The van der Waals surface area contributed by atoms with Gasteiger partial charge in [-0.15, -0.1) is 0 Å². The van der Waals surface area contributed by atoms with Crippen LogP contribution in [0.25, 0.3) is 0 Å². The Morgan fingerprint density at radius 3 is 2.33 bits per heavy atom. The van der Waals surface area contributed by atoms with Crippen molar-refractivity contribution in [2.45, 2.75) is 76.9 Å². The minimum absolute atomic E-state index is 0.104. The molecule has 0 radical (unpaired) electrons. The summed E-state index contributed by atoms with van der Waals surface area (Å²) in [5.74, 6) is 1.61. The Kier molecular flexibility index (Phi) is 5.50. The zero-order valence-electron chi connectivity index (χ0n) is 12.3. The molecular formula is C16H31NO. The van der Waals surface area contributed by atoms with Crippen molar-refractivity contribution in [2.75, 3.05) is 13.6 Å². The maximum Gasteiger partial charge on any atom is 0.0669 e. The van der Waals surface area contributed by atoms with Gasteiger partial charge in [0, 0.05) is 12.6 Å². The summed E-state index contributed by atoms with van der Waals surface area (Å²) < 4.78 is 0. The molecule has 2 aliphatic rings. The third-order valence-corrected chi connectivity index (χ3v) is 5.21. The molecule has 0 aromatic heterocycles. The molecular weight excluding hydrogens is 222 g/mol. The van der Waals surface area contributed by atoms with E-state index >= 15 is 0 Å². The highest BCUT2D eigenvalue weighted by Crippen LogP contribution is 2.30. The Morgan fingerprint density at radius 2 is 1.67 bits per heavy atom. The van der Waals surface area contributed by atoms with Gasteiger partial charge < -0.3 is 10.0 Å². The summed E-state index contributed by atoms with van der Waals surface area (Å²) >= 11 is 0. The lowest BCUT2D eigenvalue weighted by Crippen LogP contribution is -2.43. The molecule has 2 fully saturated rings. The van der Waals surface area contributed by atoms with Crippen LogP contribution in [0.5, 0.6) is 0 Å². The number of aliphatic hydroxyl groups is 1. The van der Waals surface area contributed by atoms with Crippen molar-refractivity contribution in [3.8, 4) is 0 Å². The molecule has 0 heterocycles. The number of hydrogen-bond donors (Lipinski definition) is 1. The van der Waals surface area contributed by atoms with Crippen LogP contribution in [0.1, 0.15) is 64.7 Å². The molecule has 2 saturated carbocycles. The molecule has 1 N–H and O–H groups in total. The summed E-state index contributed by atoms with van der Waals surface area (Å²) in [6.45, 7) is 3.26. The van der Waals surface area contributed by atoms with Gasteiger partial charge in [0.1, 0.15) is 0 Å². The van der Waals surface area contributed by atoms with E-state index in [-0.39, 0.29) is 6.10 Å². The van der Waals surface area contributed by atoms with E-state index in [9.17, 15) is 5.11 Å². The highest BCUT2D eigenvalue weighted by Gasteiger charge is 2.27. The largest absolute Gasteiger partial charge is 0.392 e. The maximum absolute atomic E-state index is 10.3. The van der Waals surface area contributed by atoms with Gasteiger partial charge in [-0.05, 0) is 38.1 Å². The fourth-order valence-electron chi connectivity index (χ4n) is 4.12. The summed E-state index contributed by atoms with van der Waals surface area (Å²) in [4.78, 5) is 2.43. The van der Waals surface area contributed by atoms with Crippen molar-refractivity contribution in [3.63, 3.8) is 0 Å². The molecule has 0 aliphatic heterocycles. The van der Waals surface area contributed by atoms with Gasteiger partial charge in [0.15, 0.2) is 0 Å². The zero-order chi connectivity index (χ0) is 13.0. The molecule has 0 aromatic rings. The first-order chi connectivity index (χ1) is 8.66.